The summed E-state index contributed by atoms with van der Waals surface area (Å²) < 4.78 is 6.20. The first-order valence-corrected chi connectivity index (χ1v) is 11.2. The van der Waals surface area contributed by atoms with Crippen molar-refractivity contribution in [1.29, 1.82) is 0 Å². The molecule has 0 spiro atoms. The number of rotatable bonds is 6. The van der Waals surface area contributed by atoms with E-state index in [0.29, 0.717) is 0 Å². The Labute approximate surface area is 180 Å². The predicted octanol–water partition coefficient (Wildman–Crippen LogP) is 4.87. The van der Waals surface area contributed by atoms with Gasteiger partial charge in [0, 0.05) is 38.3 Å². The number of ether oxygens (including phenoxy) is 1. The molecule has 0 bridgehead atoms. The summed E-state index contributed by atoms with van der Waals surface area (Å²) in [6.07, 6.45) is 6.83. The normalized spacial score (nSPS) is 18.6. The van der Waals surface area contributed by atoms with Crippen LogP contribution in [-0.2, 0) is 0 Å². The van der Waals surface area contributed by atoms with Gasteiger partial charge >= 0.3 is 0 Å². The fraction of sp³-hybridized carbons (Fsp3) is 0.423. The van der Waals surface area contributed by atoms with Gasteiger partial charge in [-0.05, 0) is 62.4 Å². The topological polar surface area (TPSA) is 32.8 Å². The van der Waals surface area contributed by atoms with Crippen molar-refractivity contribution in [2.45, 2.75) is 38.7 Å². The molecule has 0 unspecified atom stereocenters. The van der Waals surface area contributed by atoms with Crippen molar-refractivity contribution in [3.8, 4) is 5.75 Å². The maximum absolute atomic E-state index is 12.5. The Morgan fingerprint density at radius 1 is 0.967 bits per heavy atom. The van der Waals surface area contributed by atoms with Gasteiger partial charge in [0.05, 0.1) is 0 Å². The summed E-state index contributed by atoms with van der Waals surface area (Å²) in [5.41, 5.74) is 3.42. The van der Waals surface area contributed by atoms with Crippen molar-refractivity contribution < 1.29 is 9.53 Å². The molecule has 158 valence electrons. The predicted molar refractivity (Wildman–Crippen MR) is 122 cm³/mol. The van der Waals surface area contributed by atoms with E-state index in [4.69, 9.17) is 4.74 Å². The molecule has 0 aliphatic carbocycles. The average Bonchev–Trinajstić information content (AvgIpc) is 3.31. The molecule has 0 aromatic heterocycles. The Morgan fingerprint density at radius 2 is 1.63 bits per heavy atom. The third-order valence-electron chi connectivity index (χ3n) is 6.02. The molecule has 2 saturated heterocycles. The third kappa shape index (κ3) is 5.51. The summed E-state index contributed by atoms with van der Waals surface area (Å²) in [4.78, 5) is 16.9. The van der Waals surface area contributed by atoms with Gasteiger partial charge in [-0.1, -0.05) is 42.0 Å². The quantitative estimate of drug-likeness (QED) is 0.689. The van der Waals surface area contributed by atoms with Crippen LogP contribution in [-0.4, -0.2) is 54.5 Å². The Morgan fingerprint density at radius 3 is 2.30 bits per heavy atom. The summed E-state index contributed by atoms with van der Waals surface area (Å²) in [6.45, 7) is 7.09. The minimum absolute atomic E-state index is 0.145. The van der Waals surface area contributed by atoms with Gasteiger partial charge in [0.2, 0.25) is 0 Å². The van der Waals surface area contributed by atoms with Gasteiger partial charge < -0.3 is 9.64 Å². The maximum atomic E-state index is 12.5. The molecule has 2 aliphatic rings. The molecule has 4 nitrogen and oxygen atoms in total. The van der Waals surface area contributed by atoms with Crippen LogP contribution in [0.2, 0.25) is 0 Å². The lowest BCUT2D eigenvalue weighted by Crippen LogP contribution is -2.39. The fourth-order valence-electron chi connectivity index (χ4n) is 4.39. The summed E-state index contributed by atoms with van der Waals surface area (Å²) in [5.74, 6) is 1.01. The van der Waals surface area contributed by atoms with Gasteiger partial charge in [0.25, 0.3) is 5.91 Å². The monoisotopic (exact) mass is 404 g/mol. The molecule has 1 amide bonds. The van der Waals surface area contributed by atoms with Crippen LogP contribution in [0.25, 0.3) is 6.08 Å². The van der Waals surface area contributed by atoms with Gasteiger partial charge in [0.1, 0.15) is 11.9 Å². The summed E-state index contributed by atoms with van der Waals surface area (Å²) >= 11 is 0. The molecular weight excluding hydrogens is 372 g/mol. The van der Waals surface area contributed by atoms with Crippen LogP contribution in [0.1, 0.15) is 48.5 Å². The van der Waals surface area contributed by atoms with Gasteiger partial charge in [-0.2, -0.15) is 0 Å². The molecule has 0 radical (unpaired) electrons. The highest BCUT2D eigenvalue weighted by Gasteiger charge is 2.22. The highest BCUT2D eigenvalue weighted by Crippen LogP contribution is 2.22. The van der Waals surface area contributed by atoms with E-state index in [1.54, 1.807) is 0 Å². The number of likely N-dealkylation sites (tertiary alicyclic amines) is 2. The fourth-order valence-corrected chi connectivity index (χ4v) is 4.39. The van der Waals surface area contributed by atoms with E-state index in [1.807, 2.05) is 29.2 Å². The second kappa shape index (κ2) is 9.94. The van der Waals surface area contributed by atoms with Crippen LogP contribution in [0.3, 0.4) is 0 Å². The lowest BCUT2D eigenvalue weighted by Gasteiger charge is -2.32. The number of hydrogen-bond acceptors (Lipinski definition) is 3. The third-order valence-corrected chi connectivity index (χ3v) is 6.02. The van der Waals surface area contributed by atoms with Crippen molar-refractivity contribution in [2.75, 3.05) is 32.7 Å². The first-order valence-electron chi connectivity index (χ1n) is 11.2. The number of amides is 1. The standard InChI is InChI=1S/C26H32N2O2/c1-21(19-22-7-3-2-4-8-22)20-27-17-13-25(14-18-27)30-24-11-9-23(10-12-24)26(29)28-15-5-6-16-28/h2-4,7-12,19,25H,5-6,13-18,20H2,1H3. The summed E-state index contributed by atoms with van der Waals surface area (Å²) in [5, 5.41) is 0. The zero-order chi connectivity index (χ0) is 20.8. The molecule has 2 fully saturated rings. The Bertz CT molecular complexity index is 846. The van der Waals surface area contributed by atoms with Gasteiger partial charge in [0.15, 0.2) is 0 Å². The van der Waals surface area contributed by atoms with Gasteiger partial charge in [-0.25, -0.2) is 0 Å². The molecule has 4 rings (SSSR count). The van der Waals surface area contributed by atoms with Gasteiger partial charge in [-0.3, -0.25) is 9.69 Å². The van der Waals surface area contributed by atoms with Crippen LogP contribution in [0, 0.1) is 0 Å². The highest BCUT2D eigenvalue weighted by atomic mass is 16.5. The summed E-state index contributed by atoms with van der Waals surface area (Å²) in [7, 11) is 0. The second-order valence-electron chi connectivity index (χ2n) is 8.52. The molecule has 2 heterocycles. The Balaban J connectivity index is 1.23. The Kier molecular flexibility index (Phi) is 6.85. The van der Waals surface area contributed by atoms with E-state index in [9.17, 15) is 4.79 Å². The Hall–Kier alpha value is -2.59. The zero-order valence-electron chi connectivity index (χ0n) is 17.9. The second-order valence-corrected chi connectivity index (χ2v) is 8.52. The molecule has 0 atom stereocenters. The number of benzene rings is 2. The number of nitrogens with zero attached hydrogens (tertiary/aromatic N) is 2. The molecule has 2 aliphatic heterocycles. The molecule has 2 aromatic rings. The molecule has 2 aromatic carbocycles. The number of piperidine rings is 1. The van der Waals surface area contributed by atoms with Crippen molar-refractivity contribution in [1.82, 2.24) is 9.80 Å². The first kappa shape index (κ1) is 20.7. The van der Waals surface area contributed by atoms with E-state index in [0.717, 1.165) is 69.7 Å². The highest BCUT2D eigenvalue weighted by molar-refractivity contribution is 5.94. The number of hydrogen-bond donors (Lipinski definition) is 0. The van der Waals surface area contributed by atoms with E-state index in [-0.39, 0.29) is 12.0 Å². The lowest BCUT2D eigenvalue weighted by atomic mass is 10.1. The molecule has 0 saturated carbocycles. The maximum Gasteiger partial charge on any atom is 0.253 e. The minimum atomic E-state index is 0.145. The smallest absolute Gasteiger partial charge is 0.253 e. The van der Waals surface area contributed by atoms with Crippen LogP contribution in [0.4, 0.5) is 0 Å². The van der Waals surface area contributed by atoms with Crippen molar-refractivity contribution >= 4 is 12.0 Å². The van der Waals surface area contributed by atoms with E-state index < -0.39 is 0 Å². The largest absolute Gasteiger partial charge is 0.490 e. The zero-order valence-corrected chi connectivity index (χ0v) is 17.9. The van der Waals surface area contributed by atoms with Crippen LogP contribution in [0.15, 0.2) is 60.2 Å². The molecule has 0 N–H and O–H groups in total. The summed E-state index contributed by atoms with van der Waals surface area (Å²) in [6, 6.07) is 18.2. The number of carbonyl (C=O) groups excluding carboxylic acids is 1. The minimum Gasteiger partial charge on any atom is -0.490 e. The van der Waals surface area contributed by atoms with Crippen molar-refractivity contribution in [2.24, 2.45) is 0 Å². The van der Waals surface area contributed by atoms with E-state index >= 15 is 0 Å². The van der Waals surface area contributed by atoms with Crippen LogP contribution >= 0.6 is 0 Å². The van der Waals surface area contributed by atoms with Crippen molar-refractivity contribution in [3.05, 3.63) is 71.3 Å². The SMILES string of the molecule is CC(=Cc1ccccc1)CN1CCC(Oc2ccc(C(=O)N3CCCC3)cc2)CC1. The van der Waals surface area contributed by atoms with Crippen LogP contribution < -0.4 is 4.74 Å². The van der Waals surface area contributed by atoms with E-state index in [1.165, 1.54) is 11.1 Å². The van der Waals surface area contributed by atoms with Crippen LogP contribution in [0.5, 0.6) is 5.75 Å². The molecular formula is C26H32N2O2. The number of carbonyl (C=O) groups is 1. The molecule has 30 heavy (non-hydrogen) atoms. The van der Waals surface area contributed by atoms with Crippen molar-refractivity contribution in [3.63, 3.8) is 0 Å². The first-order chi connectivity index (χ1) is 14.7. The lowest BCUT2D eigenvalue weighted by molar-refractivity contribution is 0.0792. The molecule has 4 heteroatoms. The van der Waals surface area contributed by atoms with E-state index in [2.05, 4.69) is 48.2 Å². The average molecular weight is 405 g/mol. The van der Waals surface area contributed by atoms with Gasteiger partial charge in [-0.15, -0.1) is 0 Å².